The molecule has 19 heavy (non-hydrogen) atoms. The van der Waals surface area contributed by atoms with E-state index in [1.807, 2.05) is 0 Å². The van der Waals surface area contributed by atoms with E-state index in [2.05, 4.69) is 44.3 Å². The molecule has 2 rings (SSSR count). The molecule has 0 saturated heterocycles. The first-order valence-corrected chi connectivity index (χ1v) is 8.02. The van der Waals surface area contributed by atoms with Crippen molar-refractivity contribution in [2.24, 2.45) is 5.92 Å². The van der Waals surface area contributed by atoms with E-state index in [-0.39, 0.29) is 0 Å². The molecule has 0 spiro atoms. The molecular weight excluding hydrogens is 230 g/mol. The van der Waals surface area contributed by atoms with Crippen LogP contribution in [0.5, 0.6) is 0 Å². The topological polar surface area (TPSA) is 12.0 Å². The van der Waals surface area contributed by atoms with Crippen molar-refractivity contribution >= 4 is 0 Å². The van der Waals surface area contributed by atoms with Gasteiger partial charge in [-0.3, -0.25) is 0 Å². The van der Waals surface area contributed by atoms with E-state index in [9.17, 15) is 0 Å². The largest absolute Gasteiger partial charge is 0.310 e. The van der Waals surface area contributed by atoms with Crippen LogP contribution in [-0.4, -0.2) is 6.54 Å². The summed E-state index contributed by atoms with van der Waals surface area (Å²) in [4.78, 5) is 0. The fraction of sp³-hybridized carbons (Fsp3) is 0.667. The van der Waals surface area contributed by atoms with Crippen LogP contribution in [0.3, 0.4) is 0 Å². The Morgan fingerprint density at radius 2 is 1.58 bits per heavy atom. The quantitative estimate of drug-likeness (QED) is 0.756. The van der Waals surface area contributed by atoms with Crippen LogP contribution < -0.4 is 5.32 Å². The van der Waals surface area contributed by atoms with Crippen molar-refractivity contribution in [2.75, 3.05) is 6.54 Å². The molecule has 1 N–H and O–H groups in total. The highest BCUT2D eigenvalue weighted by molar-refractivity contribution is 5.31. The first kappa shape index (κ1) is 14.6. The maximum absolute atomic E-state index is 3.75. The van der Waals surface area contributed by atoms with E-state index in [0.29, 0.717) is 6.04 Å². The molecule has 1 aromatic rings. The zero-order valence-corrected chi connectivity index (χ0v) is 12.8. The maximum Gasteiger partial charge on any atom is 0.0348 e. The van der Waals surface area contributed by atoms with Gasteiger partial charge < -0.3 is 5.32 Å². The highest BCUT2D eigenvalue weighted by Crippen LogP contribution is 2.34. The predicted octanol–water partition coefficient (Wildman–Crippen LogP) is 4.92. The Hall–Kier alpha value is -0.820. The highest BCUT2D eigenvalue weighted by atomic mass is 14.9. The number of hydrogen-bond donors (Lipinski definition) is 1. The van der Waals surface area contributed by atoms with Crippen molar-refractivity contribution in [3.8, 4) is 0 Å². The van der Waals surface area contributed by atoms with Gasteiger partial charge in [-0.2, -0.15) is 0 Å². The summed E-state index contributed by atoms with van der Waals surface area (Å²) in [5.74, 6) is 0.823. The molecule has 1 fully saturated rings. The molecule has 1 aliphatic carbocycles. The normalized spacial score (nSPS) is 19.1. The monoisotopic (exact) mass is 259 g/mol. The van der Waals surface area contributed by atoms with Crippen LogP contribution in [0.4, 0.5) is 0 Å². The summed E-state index contributed by atoms with van der Waals surface area (Å²) in [5, 5.41) is 3.75. The number of hydrogen-bond acceptors (Lipinski definition) is 1. The van der Waals surface area contributed by atoms with Crippen LogP contribution >= 0.6 is 0 Å². The SMILES string of the molecule is CCNC(c1cc(C)cc(C)c1)C1CCCCCC1. The van der Waals surface area contributed by atoms with Crippen LogP contribution in [-0.2, 0) is 0 Å². The molecule has 0 aromatic heterocycles. The smallest absolute Gasteiger partial charge is 0.0348 e. The molecular formula is C18H29N. The zero-order chi connectivity index (χ0) is 13.7. The second-order valence-corrected chi connectivity index (χ2v) is 6.21. The summed E-state index contributed by atoms with van der Waals surface area (Å²) in [6.45, 7) is 7.72. The lowest BCUT2D eigenvalue weighted by Crippen LogP contribution is -2.28. The van der Waals surface area contributed by atoms with Crippen LogP contribution in [0.25, 0.3) is 0 Å². The summed E-state index contributed by atoms with van der Waals surface area (Å²) >= 11 is 0. The fourth-order valence-corrected chi connectivity index (χ4v) is 3.61. The molecule has 1 aromatic carbocycles. The van der Waals surface area contributed by atoms with Gasteiger partial charge in [-0.1, -0.05) is 61.9 Å². The van der Waals surface area contributed by atoms with Gasteiger partial charge in [-0.05, 0) is 44.7 Å². The molecule has 0 heterocycles. The van der Waals surface area contributed by atoms with E-state index in [1.54, 1.807) is 0 Å². The Morgan fingerprint density at radius 1 is 1.00 bits per heavy atom. The second-order valence-electron chi connectivity index (χ2n) is 6.21. The maximum atomic E-state index is 3.75. The van der Waals surface area contributed by atoms with Gasteiger partial charge in [-0.25, -0.2) is 0 Å². The van der Waals surface area contributed by atoms with Crippen LogP contribution in [0, 0.1) is 19.8 Å². The first-order valence-electron chi connectivity index (χ1n) is 8.02. The zero-order valence-electron chi connectivity index (χ0n) is 12.8. The van der Waals surface area contributed by atoms with Gasteiger partial charge in [0.1, 0.15) is 0 Å². The van der Waals surface area contributed by atoms with E-state index < -0.39 is 0 Å². The molecule has 0 radical (unpaired) electrons. The number of nitrogens with one attached hydrogen (secondary N) is 1. The Labute approximate surface area is 118 Å². The Balaban J connectivity index is 2.22. The molecule has 0 aliphatic heterocycles. The molecule has 0 bridgehead atoms. The minimum atomic E-state index is 0.557. The molecule has 1 atom stereocenters. The average molecular weight is 259 g/mol. The van der Waals surface area contributed by atoms with Crippen molar-refractivity contribution in [3.05, 3.63) is 34.9 Å². The predicted molar refractivity (Wildman–Crippen MR) is 83.5 cm³/mol. The van der Waals surface area contributed by atoms with Gasteiger partial charge in [0.25, 0.3) is 0 Å². The third-order valence-electron chi connectivity index (χ3n) is 4.40. The van der Waals surface area contributed by atoms with Crippen LogP contribution in [0.2, 0.25) is 0 Å². The van der Waals surface area contributed by atoms with Crippen LogP contribution in [0.1, 0.15) is 68.2 Å². The van der Waals surface area contributed by atoms with Crippen molar-refractivity contribution in [1.82, 2.24) is 5.32 Å². The van der Waals surface area contributed by atoms with Crippen LogP contribution in [0.15, 0.2) is 18.2 Å². The number of aryl methyl sites for hydroxylation is 2. The van der Waals surface area contributed by atoms with Gasteiger partial charge in [0.2, 0.25) is 0 Å². The van der Waals surface area contributed by atoms with Crippen molar-refractivity contribution < 1.29 is 0 Å². The lowest BCUT2D eigenvalue weighted by atomic mass is 9.86. The molecule has 1 saturated carbocycles. The summed E-state index contributed by atoms with van der Waals surface area (Å²) in [6.07, 6.45) is 8.48. The Bertz CT molecular complexity index is 368. The third kappa shape index (κ3) is 4.07. The highest BCUT2D eigenvalue weighted by Gasteiger charge is 2.23. The van der Waals surface area contributed by atoms with Gasteiger partial charge in [0.15, 0.2) is 0 Å². The van der Waals surface area contributed by atoms with Crippen molar-refractivity contribution in [2.45, 2.75) is 65.3 Å². The third-order valence-corrected chi connectivity index (χ3v) is 4.40. The fourth-order valence-electron chi connectivity index (χ4n) is 3.61. The minimum absolute atomic E-state index is 0.557. The average Bonchev–Trinajstić information content (AvgIpc) is 2.63. The summed E-state index contributed by atoms with van der Waals surface area (Å²) in [6, 6.07) is 7.59. The van der Waals surface area contributed by atoms with E-state index in [0.717, 1.165) is 12.5 Å². The van der Waals surface area contributed by atoms with Gasteiger partial charge >= 0.3 is 0 Å². The summed E-state index contributed by atoms with van der Waals surface area (Å²) < 4.78 is 0. The number of benzene rings is 1. The van der Waals surface area contributed by atoms with E-state index in [4.69, 9.17) is 0 Å². The lowest BCUT2D eigenvalue weighted by molar-refractivity contribution is 0.330. The van der Waals surface area contributed by atoms with E-state index >= 15 is 0 Å². The minimum Gasteiger partial charge on any atom is -0.310 e. The summed E-state index contributed by atoms with van der Waals surface area (Å²) in [7, 11) is 0. The molecule has 0 amide bonds. The molecule has 1 aliphatic rings. The second kappa shape index (κ2) is 7.09. The van der Waals surface area contributed by atoms with Gasteiger partial charge in [0.05, 0.1) is 0 Å². The first-order chi connectivity index (χ1) is 9.20. The molecule has 106 valence electrons. The summed E-state index contributed by atoms with van der Waals surface area (Å²) in [5.41, 5.74) is 4.30. The molecule has 1 unspecified atom stereocenters. The Kier molecular flexibility index (Phi) is 5.45. The molecule has 1 heteroatoms. The van der Waals surface area contributed by atoms with Crippen molar-refractivity contribution in [3.63, 3.8) is 0 Å². The standard InChI is InChI=1S/C18H29N/c1-4-19-18(16-9-7-5-6-8-10-16)17-12-14(2)11-15(3)13-17/h11-13,16,18-19H,4-10H2,1-3H3. The van der Waals surface area contributed by atoms with Gasteiger partial charge in [-0.15, -0.1) is 0 Å². The Morgan fingerprint density at radius 3 is 2.11 bits per heavy atom. The van der Waals surface area contributed by atoms with E-state index in [1.165, 1.54) is 55.2 Å². The number of rotatable bonds is 4. The van der Waals surface area contributed by atoms with Gasteiger partial charge in [0, 0.05) is 6.04 Å². The lowest BCUT2D eigenvalue weighted by Gasteiger charge is -2.28. The molecule has 1 nitrogen and oxygen atoms in total. The van der Waals surface area contributed by atoms with Crippen molar-refractivity contribution in [1.29, 1.82) is 0 Å².